The van der Waals surface area contributed by atoms with Crippen molar-refractivity contribution in [3.8, 4) is 0 Å². The number of carboxylic acid groups (broad SMARTS) is 1. The topological polar surface area (TPSA) is 57.5 Å². The third kappa shape index (κ3) is 5.30. The van der Waals surface area contributed by atoms with Gasteiger partial charge in [-0.1, -0.05) is 6.92 Å². The molecule has 0 spiro atoms. The van der Waals surface area contributed by atoms with Gasteiger partial charge in [-0.25, -0.2) is 0 Å². The fourth-order valence-electron chi connectivity index (χ4n) is 0.494. The minimum absolute atomic E-state index is 0.0645. The SMILES string of the molecule is CC[C@H](O)CCC(=O)O. The molecule has 54 valence electrons. The van der Waals surface area contributed by atoms with Crippen LogP contribution < -0.4 is 0 Å². The molecule has 0 aromatic carbocycles. The molecule has 0 rings (SSSR count). The molecule has 0 aliphatic rings. The molecule has 0 aliphatic heterocycles. The molecule has 2 N–H and O–H groups in total. The van der Waals surface area contributed by atoms with E-state index in [1.54, 1.807) is 0 Å². The molecule has 0 fully saturated rings. The maximum absolute atomic E-state index is 9.91. The van der Waals surface area contributed by atoms with Crippen LogP contribution in [0.15, 0.2) is 0 Å². The first kappa shape index (κ1) is 8.43. The second-order valence-electron chi connectivity index (χ2n) is 1.99. The van der Waals surface area contributed by atoms with Gasteiger partial charge >= 0.3 is 5.97 Å². The van der Waals surface area contributed by atoms with Crippen LogP contribution in [-0.2, 0) is 4.79 Å². The molecule has 0 saturated heterocycles. The molecule has 0 aliphatic carbocycles. The average molecular weight is 132 g/mol. The molecule has 9 heavy (non-hydrogen) atoms. The van der Waals surface area contributed by atoms with Crippen LogP contribution in [0, 0.1) is 0 Å². The predicted molar refractivity (Wildman–Crippen MR) is 33.2 cm³/mol. The van der Waals surface area contributed by atoms with E-state index in [9.17, 15) is 4.79 Å². The zero-order valence-corrected chi connectivity index (χ0v) is 5.50. The number of rotatable bonds is 4. The van der Waals surface area contributed by atoms with E-state index < -0.39 is 12.1 Å². The quantitative estimate of drug-likeness (QED) is 0.589. The Bertz CT molecular complexity index is 90.3. The summed E-state index contributed by atoms with van der Waals surface area (Å²) in [6, 6.07) is 0. The summed E-state index contributed by atoms with van der Waals surface area (Å²) >= 11 is 0. The lowest BCUT2D eigenvalue weighted by molar-refractivity contribution is -0.137. The van der Waals surface area contributed by atoms with Gasteiger partial charge in [-0.2, -0.15) is 0 Å². The molecule has 0 bridgehead atoms. The van der Waals surface area contributed by atoms with E-state index in [4.69, 9.17) is 10.2 Å². The van der Waals surface area contributed by atoms with Crippen molar-refractivity contribution in [3.63, 3.8) is 0 Å². The van der Waals surface area contributed by atoms with Gasteiger partial charge in [-0.05, 0) is 12.8 Å². The van der Waals surface area contributed by atoms with Crippen LogP contribution in [0.2, 0.25) is 0 Å². The van der Waals surface area contributed by atoms with Gasteiger partial charge in [0.05, 0.1) is 6.10 Å². The fraction of sp³-hybridized carbons (Fsp3) is 0.833. The minimum Gasteiger partial charge on any atom is -0.481 e. The van der Waals surface area contributed by atoms with E-state index in [1.807, 2.05) is 6.92 Å². The number of aliphatic carboxylic acids is 1. The van der Waals surface area contributed by atoms with Crippen molar-refractivity contribution in [2.24, 2.45) is 0 Å². The largest absolute Gasteiger partial charge is 0.481 e. The number of hydrogen-bond donors (Lipinski definition) is 2. The first-order valence-electron chi connectivity index (χ1n) is 3.06. The van der Waals surface area contributed by atoms with Gasteiger partial charge in [-0.3, -0.25) is 4.79 Å². The van der Waals surface area contributed by atoms with Crippen molar-refractivity contribution in [1.82, 2.24) is 0 Å². The smallest absolute Gasteiger partial charge is 0.303 e. The highest BCUT2D eigenvalue weighted by Crippen LogP contribution is 1.99. The summed E-state index contributed by atoms with van der Waals surface area (Å²) in [5, 5.41) is 17.0. The Morgan fingerprint density at radius 3 is 2.56 bits per heavy atom. The summed E-state index contributed by atoms with van der Waals surface area (Å²) in [5.41, 5.74) is 0. The summed E-state index contributed by atoms with van der Waals surface area (Å²) in [7, 11) is 0. The summed E-state index contributed by atoms with van der Waals surface area (Å²) in [6.07, 6.45) is 0.620. The Hall–Kier alpha value is -0.570. The monoisotopic (exact) mass is 132 g/mol. The summed E-state index contributed by atoms with van der Waals surface area (Å²) in [5.74, 6) is -0.845. The summed E-state index contributed by atoms with van der Waals surface area (Å²) in [4.78, 5) is 9.91. The van der Waals surface area contributed by atoms with Gasteiger partial charge < -0.3 is 10.2 Å². The molecule has 0 radical (unpaired) electrons. The maximum atomic E-state index is 9.91. The van der Waals surface area contributed by atoms with Gasteiger partial charge in [-0.15, -0.1) is 0 Å². The predicted octanol–water partition coefficient (Wildman–Crippen LogP) is 0.622. The van der Waals surface area contributed by atoms with Gasteiger partial charge in [0.2, 0.25) is 0 Å². The lowest BCUT2D eigenvalue weighted by Gasteiger charge is -2.02. The lowest BCUT2D eigenvalue weighted by Crippen LogP contribution is -2.07. The highest BCUT2D eigenvalue weighted by molar-refractivity contribution is 5.66. The molecular formula is C6H12O3. The second kappa shape index (κ2) is 4.32. The number of aliphatic hydroxyl groups excluding tert-OH is 1. The molecule has 0 unspecified atom stereocenters. The minimum atomic E-state index is -0.845. The Balaban J connectivity index is 3.16. The highest BCUT2D eigenvalue weighted by Gasteiger charge is 2.02. The second-order valence-corrected chi connectivity index (χ2v) is 1.99. The Labute approximate surface area is 54.3 Å². The van der Waals surface area contributed by atoms with Crippen molar-refractivity contribution in [2.75, 3.05) is 0 Å². The standard InChI is InChI=1S/C6H12O3/c1-2-5(7)3-4-6(8)9/h5,7H,2-4H2,1H3,(H,8,9)/t5-/m0/s1. The first-order chi connectivity index (χ1) is 4.16. The fourth-order valence-corrected chi connectivity index (χ4v) is 0.494. The van der Waals surface area contributed by atoms with E-state index in [1.165, 1.54) is 0 Å². The summed E-state index contributed by atoms with van der Waals surface area (Å²) in [6.45, 7) is 1.83. The van der Waals surface area contributed by atoms with E-state index in [0.29, 0.717) is 12.8 Å². The van der Waals surface area contributed by atoms with Crippen LogP contribution in [0.3, 0.4) is 0 Å². The molecule has 0 aromatic rings. The zero-order chi connectivity index (χ0) is 7.28. The zero-order valence-electron chi connectivity index (χ0n) is 5.50. The normalized spacial score (nSPS) is 13.1. The van der Waals surface area contributed by atoms with Crippen LogP contribution in [0.4, 0.5) is 0 Å². The molecular weight excluding hydrogens is 120 g/mol. The van der Waals surface area contributed by atoms with E-state index in [-0.39, 0.29) is 6.42 Å². The van der Waals surface area contributed by atoms with Crippen molar-refractivity contribution in [1.29, 1.82) is 0 Å². The first-order valence-corrected chi connectivity index (χ1v) is 3.06. The Morgan fingerprint density at radius 2 is 2.22 bits per heavy atom. The third-order valence-electron chi connectivity index (χ3n) is 1.16. The van der Waals surface area contributed by atoms with E-state index in [0.717, 1.165) is 0 Å². The molecule has 0 heterocycles. The van der Waals surface area contributed by atoms with Crippen molar-refractivity contribution in [3.05, 3.63) is 0 Å². The van der Waals surface area contributed by atoms with Crippen molar-refractivity contribution >= 4 is 5.97 Å². The molecule has 3 heteroatoms. The lowest BCUT2D eigenvalue weighted by atomic mass is 10.1. The number of carboxylic acids is 1. The molecule has 3 nitrogen and oxygen atoms in total. The Kier molecular flexibility index (Phi) is 4.05. The van der Waals surface area contributed by atoms with Crippen LogP contribution >= 0.6 is 0 Å². The van der Waals surface area contributed by atoms with Crippen molar-refractivity contribution in [2.45, 2.75) is 32.3 Å². The number of carbonyl (C=O) groups is 1. The Morgan fingerprint density at radius 1 is 1.67 bits per heavy atom. The van der Waals surface area contributed by atoms with E-state index in [2.05, 4.69) is 0 Å². The number of aliphatic hydroxyl groups is 1. The highest BCUT2D eigenvalue weighted by atomic mass is 16.4. The third-order valence-corrected chi connectivity index (χ3v) is 1.16. The molecule has 1 atom stereocenters. The van der Waals surface area contributed by atoms with Crippen LogP contribution in [0.5, 0.6) is 0 Å². The molecule has 0 aromatic heterocycles. The van der Waals surface area contributed by atoms with Crippen LogP contribution in [0.25, 0.3) is 0 Å². The van der Waals surface area contributed by atoms with Gasteiger partial charge in [0, 0.05) is 6.42 Å². The summed E-state index contributed by atoms with van der Waals surface area (Å²) < 4.78 is 0. The maximum Gasteiger partial charge on any atom is 0.303 e. The van der Waals surface area contributed by atoms with Gasteiger partial charge in [0.25, 0.3) is 0 Å². The average Bonchev–Trinajstić information content (AvgIpc) is 1.83. The number of hydrogen-bond acceptors (Lipinski definition) is 2. The van der Waals surface area contributed by atoms with E-state index >= 15 is 0 Å². The molecule has 0 saturated carbocycles. The van der Waals surface area contributed by atoms with Crippen LogP contribution in [-0.4, -0.2) is 22.3 Å². The van der Waals surface area contributed by atoms with Crippen LogP contribution in [0.1, 0.15) is 26.2 Å². The molecule has 0 amide bonds. The van der Waals surface area contributed by atoms with Gasteiger partial charge in [0.15, 0.2) is 0 Å². The van der Waals surface area contributed by atoms with Gasteiger partial charge in [0.1, 0.15) is 0 Å². The van der Waals surface area contributed by atoms with Crippen molar-refractivity contribution < 1.29 is 15.0 Å².